The van der Waals surface area contributed by atoms with E-state index in [1.165, 1.54) is 6.20 Å². The molecular weight excluding hydrogens is 290 g/mol. The molecule has 1 aromatic carbocycles. The molecule has 0 saturated heterocycles. The number of anilines is 1. The monoisotopic (exact) mass is 311 g/mol. The van der Waals surface area contributed by atoms with Crippen molar-refractivity contribution in [1.82, 2.24) is 10.3 Å². The zero-order chi connectivity index (χ0) is 16.9. The number of amides is 2. The Morgan fingerprint density at radius 1 is 1.04 bits per heavy atom. The van der Waals surface area contributed by atoms with Gasteiger partial charge in [0.25, 0.3) is 5.91 Å². The second kappa shape index (κ2) is 7.05. The van der Waals surface area contributed by atoms with Gasteiger partial charge >= 0.3 is 0 Å². The number of hydrogen-bond donors (Lipinski definition) is 2. The molecule has 0 aliphatic rings. The number of nitrogens with one attached hydrogen (secondary N) is 2. The van der Waals surface area contributed by atoms with Crippen LogP contribution < -0.4 is 10.6 Å². The molecule has 0 unspecified atom stereocenters. The number of pyridine rings is 1. The Kier molecular flexibility index (Phi) is 5.11. The SMILES string of the molecule is CC(C)(C)C(=O)Nc1ccc(C(=O)NCc2ccccc2)cn1. The van der Waals surface area contributed by atoms with E-state index < -0.39 is 5.41 Å². The molecule has 5 heteroatoms. The number of benzene rings is 1. The summed E-state index contributed by atoms with van der Waals surface area (Å²) >= 11 is 0. The molecule has 2 amide bonds. The molecule has 0 radical (unpaired) electrons. The fourth-order valence-corrected chi connectivity index (χ4v) is 1.79. The Balaban J connectivity index is 1.94. The van der Waals surface area contributed by atoms with Crippen LogP contribution in [-0.2, 0) is 11.3 Å². The molecule has 0 saturated carbocycles. The zero-order valence-electron chi connectivity index (χ0n) is 13.6. The summed E-state index contributed by atoms with van der Waals surface area (Å²) in [5.41, 5.74) is 0.991. The standard InChI is InChI=1S/C18H21N3O2/c1-18(2,3)17(23)21-15-10-9-14(12-19-15)16(22)20-11-13-7-5-4-6-8-13/h4-10,12H,11H2,1-3H3,(H,20,22)(H,19,21,23). The quantitative estimate of drug-likeness (QED) is 0.912. The van der Waals surface area contributed by atoms with Crippen molar-refractivity contribution >= 4 is 17.6 Å². The second-order valence-electron chi connectivity index (χ2n) is 6.30. The number of aromatic nitrogens is 1. The summed E-state index contributed by atoms with van der Waals surface area (Å²) in [6.07, 6.45) is 1.46. The molecule has 0 atom stereocenters. The van der Waals surface area contributed by atoms with Crippen LogP contribution in [0.1, 0.15) is 36.7 Å². The predicted octanol–water partition coefficient (Wildman–Crippen LogP) is 3.00. The molecule has 1 aromatic heterocycles. The molecule has 1 heterocycles. The van der Waals surface area contributed by atoms with Crippen molar-refractivity contribution in [2.24, 2.45) is 5.41 Å². The highest BCUT2D eigenvalue weighted by atomic mass is 16.2. The lowest BCUT2D eigenvalue weighted by atomic mass is 9.96. The first-order valence-corrected chi connectivity index (χ1v) is 7.46. The average Bonchev–Trinajstić information content (AvgIpc) is 2.53. The molecule has 5 nitrogen and oxygen atoms in total. The molecule has 0 spiro atoms. The van der Waals surface area contributed by atoms with E-state index in [2.05, 4.69) is 15.6 Å². The van der Waals surface area contributed by atoms with E-state index in [9.17, 15) is 9.59 Å². The van der Waals surface area contributed by atoms with Crippen LogP contribution in [0.5, 0.6) is 0 Å². The van der Waals surface area contributed by atoms with Crippen molar-refractivity contribution in [3.05, 3.63) is 59.8 Å². The van der Waals surface area contributed by atoms with Gasteiger partial charge in [-0.15, -0.1) is 0 Å². The third-order valence-corrected chi connectivity index (χ3v) is 3.24. The highest BCUT2D eigenvalue weighted by Gasteiger charge is 2.21. The van der Waals surface area contributed by atoms with Gasteiger partial charge < -0.3 is 10.6 Å². The first-order valence-electron chi connectivity index (χ1n) is 7.46. The van der Waals surface area contributed by atoms with Crippen LogP contribution in [0.25, 0.3) is 0 Å². The van der Waals surface area contributed by atoms with Gasteiger partial charge in [0.05, 0.1) is 5.56 Å². The highest BCUT2D eigenvalue weighted by molar-refractivity contribution is 5.95. The van der Waals surface area contributed by atoms with Gasteiger partial charge in [0.15, 0.2) is 0 Å². The Morgan fingerprint density at radius 3 is 2.30 bits per heavy atom. The van der Waals surface area contributed by atoms with Crippen LogP contribution in [0.3, 0.4) is 0 Å². The number of carbonyl (C=O) groups is 2. The van der Waals surface area contributed by atoms with E-state index >= 15 is 0 Å². The van der Waals surface area contributed by atoms with E-state index in [0.29, 0.717) is 17.9 Å². The van der Waals surface area contributed by atoms with Crippen LogP contribution in [-0.4, -0.2) is 16.8 Å². The molecule has 23 heavy (non-hydrogen) atoms. The second-order valence-corrected chi connectivity index (χ2v) is 6.30. The Labute approximate surface area is 136 Å². The minimum atomic E-state index is -0.493. The van der Waals surface area contributed by atoms with E-state index in [1.54, 1.807) is 12.1 Å². The fraction of sp³-hybridized carbons (Fsp3) is 0.278. The average molecular weight is 311 g/mol. The zero-order valence-corrected chi connectivity index (χ0v) is 13.6. The molecule has 2 rings (SSSR count). The molecule has 120 valence electrons. The van der Waals surface area contributed by atoms with Gasteiger partial charge in [-0.25, -0.2) is 4.98 Å². The lowest BCUT2D eigenvalue weighted by Crippen LogP contribution is -2.28. The fourth-order valence-electron chi connectivity index (χ4n) is 1.79. The Morgan fingerprint density at radius 2 is 1.74 bits per heavy atom. The molecule has 0 aliphatic carbocycles. The maximum absolute atomic E-state index is 12.1. The van der Waals surface area contributed by atoms with E-state index in [-0.39, 0.29) is 11.8 Å². The van der Waals surface area contributed by atoms with E-state index in [4.69, 9.17) is 0 Å². The van der Waals surface area contributed by atoms with Crippen LogP contribution in [0.15, 0.2) is 48.7 Å². The van der Waals surface area contributed by atoms with E-state index in [0.717, 1.165) is 5.56 Å². The normalized spacial score (nSPS) is 10.9. The molecule has 0 bridgehead atoms. The highest BCUT2D eigenvalue weighted by Crippen LogP contribution is 2.16. The van der Waals surface area contributed by atoms with Crippen LogP contribution in [0.2, 0.25) is 0 Å². The first kappa shape index (κ1) is 16.7. The van der Waals surface area contributed by atoms with E-state index in [1.807, 2.05) is 51.1 Å². The smallest absolute Gasteiger partial charge is 0.253 e. The van der Waals surface area contributed by atoms with Gasteiger partial charge in [0.2, 0.25) is 5.91 Å². The van der Waals surface area contributed by atoms with Gasteiger partial charge in [-0.2, -0.15) is 0 Å². The van der Waals surface area contributed by atoms with Crippen LogP contribution in [0.4, 0.5) is 5.82 Å². The van der Waals surface area contributed by atoms with Crippen molar-refractivity contribution in [3.8, 4) is 0 Å². The van der Waals surface area contributed by atoms with Crippen molar-refractivity contribution in [1.29, 1.82) is 0 Å². The topological polar surface area (TPSA) is 71.1 Å². The van der Waals surface area contributed by atoms with Crippen LogP contribution >= 0.6 is 0 Å². The summed E-state index contributed by atoms with van der Waals surface area (Å²) in [5.74, 6) is 0.117. The molecular formula is C18H21N3O2. The molecule has 0 fully saturated rings. The third kappa shape index (κ3) is 4.92. The summed E-state index contributed by atoms with van der Waals surface area (Å²) < 4.78 is 0. The van der Waals surface area contributed by atoms with Crippen molar-refractivity contribution in [2.45, 2.75) is 27.3 Å². The minimum Gasteiger partial charge on any atom is -0.348 e. The maximum atomic E-state index is 12.1. The summed E-state index contributed by atoms with van der Waals surface area (Å²) in [6, 6.07) is 12.9. The van der Waals surface area contributed by atoms with Gasteiger partial charge in [-0.3, -0.25) is 9.59 Å². The largest absolute Gasteiger partial charge is 0.348 e. The van der Waals surface area contributed by atoms with Gasteiger partial charge in [0.1, 0.15) is 5.82 Å². The number of hydrogen-bond acceptors (Lipinski definition) is 3. The van der Waals surface area contributed by atoms with Crippen molar-refractivity contribution in [3.63, 3.8) is 0 Å². The molecule has 2 N–H and O–H groups in total. The minimum absolute atomic E-state index is 0.119. The lowest BCUT2D eigenvalue weighted by molar-refractivity contribution is -0.123. The Bertz CT molecular complexity index is 674. The summed E-state index contributed by atoms with van der Waals surface area (Å²) in [5, 5.41) is 5.56. The van der Waals surface area contributed by atoms with Gasteiger partial charge in [-0.1, -0.05) is 51.1 Å². The maximum Gasteiger partial charge on any atom is 0.253 e. The third-order valence-electron chi connectivity index (χ3n) is 3.24. The number of rotatable bonds is 4. The number of nitrogens with zero attached hydrogens (tertiary/aromatic N) is 1. The predicted molar refractivity (Wildman–Crippen MR) is 89.9 cm³/mol. The summed E-state index contributed by atoms with van der Waals surface area (Å²) in [4.78, 5) is 28.1. The molecule has 0 aliphatic heterocycles. The number of carbonyl (C=O) groups excluding carboxylic acids is 2. The van der Waals surface area contributed by atoms with Crippen molar-refractivity contribution in [2.75, 3.05) is 5.32 Å². The van der Waals surface area contributed by atoms with Gasteiger partial charge in [0, 0.05) is 18.2 Å². The lowest BCUT2D eigenvalue weighted by Gasteiger charge is -2.17. The molecule has 2 aromatic rings. The summed E-state index contributed by atoms with van der Waals surface area (Å²) in [6.45, 7) is 5.94. The van der Waals surface area contributed by atoms with Crippen molar-refractivity contribution < 1.29 is 9.59 Å². The Hall–Kier alpha value is -2.69. The van der Waals surface area contributed by atoms with Crippen LogP contribution in [0, 0.1) is 5.41 Å². The first-order chi connectivity index (χ1) is 10.9. The van der Waals surface area contributed by atoms with Gasteiger partial charge in [-0.05, 0) is 17.7 Å². The summed E-state index contributed by atoms with van der Waals surface area (Å²) in [7, 11) is 0.